The van der Waals surface area contributed by atoms with E-state index in [1.54, 1.807) is 28.5 Å². The number of aromatic nitrogens is 3. The second-order valence-corrected chi connectivity index (χ2v) is 9.93. The molecular formula is C25H24F3N5O5S. The standard InChI is InChI=1S/C25H24F3N5O5S/c1-14-11-17(25(26,27)28)31-33(14)12-19(34)32-9-7-16(8-10-32)23-30-18(13-39-23)29-22(36)20(24(37)38)21(35)15-5-3-2-4-6-15/h2-6,11,13,16,20H,7-10,12H2,1H3,(H,29,36)(H,37,38). The van der Waals surface area contributed by atoms with Crippen molar-refractivity contribution in [3.63, 3.8) is 0 Å². The van der Waals surface area contributed by atoms with Crippen molar-refractivity contribution in [1.82, 2.24) is 19.7 Å². The van der Waals surface area contributed by atoms with Crippen LogP contribution in [0.1, 0.15) is 45.5 Å². The molecule has 0 aliphatic carbocycles. The van der Waals surface area contributed by atoms with Crippen LogP contribution in [0.2, 0.25) is 0 Å². The number of likely N-dealkylation sites (tertiary alicyclic amines) is 1. The highest BCUT2D eigenvalue weighted by atomic mass is 32.1. The molecule has 0 spiro atoms. The van der Waals surface area contributed by atoms with Gasteiger partial charge in [0.15, 0.2) is 17.4 Å². The number of amides is 2. The maximum absolute atomic E-state index is 12.9. The second-order valence-electron chi connectivity index (χ2n) is 9.04. The van der Waals surface area contributed by atoms with Gasteiger partial charge in [-0.2, -0.15) is 18.3 Å². The molecular weight excluding hydrogens is 539 g/mol. The van der Waals surface area contributed by atoms with Crippen LogP contribution >= 0.6 is 11.3 Å². The predicted molar refractivity (Wildman–Crippen MR) is 133 cm³/mol. The average molecular weight is 564 g/mol. The summed E-state index contributed by atoms with van der Waals surface area (Å²) < 4.78 is 39.7. The summed E-state index contributed by atoms with van der Waals surface area (Å²) in [6.07, 6.45) is -3.50. The van der Waals surface area contributed by atoms with Crippen LogP contribution in [0.25, 0.3) is 0 Å². The number of carboxylic acid groups (broad SMARTS) is 1. The molecule has 4 rings (SSSR count). The van der Waals surface area contributed by atoms with E-state index in [0.29, 0.717) is 30.9 Å². The van der Waals surface area contributed by atoms with Crippen molar-refractivity contribution < 1.29 is 37.5 Å². The first-order valence-electron chi connectivity index (χ1n) is 11.9. The molecule has 14 heteroatoms. The molecule has 1 aliphatic rings. The maximum Gasteiger partial charge on any atom is 0.435 e. The number of aliphatic carboxylic acids is 1. The molecule has 39 heavy (non-hydrogen) atoms. The predicted octanol–water partition coefficient (Wildman–Crippen LogP) is 3.60. The number of benzene rings is 1. The van der Waals surface area contributed by atoms with Crippen molar-refractivity contribution in [2.75, 3.05) is 18.4 Å². The van der Waals surface area contributed by atoms with Crippen LogP contribution in [-0.2, 0) is 27.1 Å². The van der Waals surface area contributed by atoms with E-state index in [0.717, 1.165) is 10.7 Å². The van der Waals surface area contributed by atoms with Gasteiger partial charge in [0.05, 0.1) is 5.01 Å². The molecule has 1 fully saturated rings. The van der Waals surface area contributed by atoms with Gasteiger partial charge in [-0.25, -0.2) is 4.98 Å². The van der Waals surface area contributed by atoms with Crippen molar-refractivity contribution in [3.8, 4) is 0 Å². The number of ketones is 1. The van der Waals surface area contributed by atoms with Crippen LogP contribution in [0, 0.1) is 12.8 Å². The number of alkyl halides is 3. The normalized spacial score (nSPS) is 15.1. The fraction of sp³-hybridized carbons (Fsp3) is 0.360. The molecule has 2 amide bonds. The van der Waals surface area contributed by atoms with Gasteiger partial charge < -0.3 is 15.3 Å². The summed E-state index contributed by atoms with van der Waals surface area (Å²) in [5.74, 6) is -5.60. The lowest BCUT2D eigenvalue weighted by atomic mass is 9.97. The molecule has 2 N–H and O–H groups in total. The van der Waals surface area contributed by atoms with Gasteiger partial charge in [0, 0.05) is 35.6 Å². The van der Waals surface area contributed by atoms with Crippen LogP contribution < -0.4 is 5.32 Å². The first-order chi connectivity index (χ1) is 18.4. The minimum Gasteiger partial charge on any atom is -0.480 e. The number of thiazole rings is 1. The first-order valence-corrected chi connectivity index (χ1v) is 12.8. The third-order valence-electron chi connectivity index (χ3n) is 6.36. The van der Waals surface area contributed by atoms with Crippen LogP contribution in [0.4, 0.5) is 19.0 Å². The maximum atomic E-state index is 12.9. The van der Waals surface area contributed by atoms with Crippen LogP contribution in [0.3, 0.4) is 0 Å². The van der Waals surface area contributed by atoms with Crippen molar-refractivity contribution in [3.05, 3.63) is 63.7 Å². The highest BCUT2D eigenvalue weighted by Crippen LogP contribution is 2.32. The minimum atomic E-state index is -4.59. The highest BCUT2D eigenvalue weighted by Gasteiger charge is 2.36. The number of anilines is 1. The summed E-state index contributed by atoms with van der Waals surface area (Å²) in [4.78, 5) is 55.5. The number of aryl methyl sites for hydroxylation is 1. The molecule has 2 aromatic heterocycles. The summed E-state index contributed by atoms with van der Waals surface area (Å²) in [6.45, 7) is 1.89. The van der Waals surface area contributed by atoms with Gasteiger partial charge in [0.2, 0.25) is 11.8 Å². The summed E-state index contributed by atoms with van der Waals surface area (Å²) in [5.41, 5.74) is -0.709. The second kappa shape index (κ2) is 11.4. The molecule has 0 radical (unpaired) electrons. The number of hydrogen-bond acceptors (Lipinski definition) is 7. The van der Waals surface area contributed by atoms with Crippen LogP contribution in [-0.4, -0.2) is 61.4 Å². The number of hydrogen-bond donors (Lipinski definition) is 2. The lowest BCUT2D eigenvalue weighted by Gasteiger charge is -2.31. The zero-order valence-corrected chi connectivity index (χ0v) is 21.5. The zero-order chi connectivity index (χ0) is 28.3. The number of piperidine rings is 1. The number of nitrogens with zero attached hydrogens (tertiary/aromatic N) is 4. The number of halogens is 3. The summed E-state index contributed by atoms with van der Waals surface area (Å²) in [7, 11) is 0. The Kier molecular flexibility index (Phi) is 8.14. The third-order valence-corrected chi connectivity index (χ3v) is 7.36. The Morgan fingerprint density at radius 1 is 1.15 bits per heavy atom. The van der Waals surface area contributed by atoms with E-state index in [2.05, 4.69) is 15.4 Å². The number of rotatable bonds is 8. The Balaban J connectivity index is 1.33. The Labute approximate surface area is 224 Å². The zero-order valence-electron chi connectivity index (χ0n) is 20.6. The van der Waals surface area contributed by atoms with Gasteiger partial charge in [-0.15, -0.1) is 11.3 Å². The monoisotopic (exact) mass is 563 g/mol. The number of carbonyl (C=O) groups excluding carboxylic acids is 3. The molecule has 1 saturated heterocycles. The Morgan fingerprint density at radius 2 is 1.82 bits per heavy atom. The smallest absolute Gasteiger partial charge is 0.435 e. The SMILES string of the molecule is Cc1cc(C(F)(F)F)nn1CC(=O)N1CCC(c2nc(NC(=O)C(C(=O)O)C(=O)c3ccccc3)cs2)CC1. The Morgan fingerprint density at radius 3 is 2.41 bits per heavy atom. The van der Waals surface area contributed by atoms with Gasteiger partial charge in [-0.05, 0) is 25.8 Å². The van der Waals surface area contributed by atoms with Gasteiger partial charge in [-0.1, -0.05) is 30.3 Å². The van der Waals surface area contributed by atoms with Crippen LogP contribution in [0.15, 0.2) is 41.8 Å². The van der Waals surface area contributed by atoms with Crippen molar-refractivity contribution >= 4 is 40.7 Å². The summed E-state index contributed by atoms with van der Waals surface area (Å²) >= 11 is 1.26. The highest BCUT2D eigenvalue weighted by molar-refractivity contribution is 7.10. The van der Waals surface area contributed by atoms with Gasteiger partial charge in [0.1, 0.15) is 12.4 Å². The quantitative estimate of drug-likeness (QED) is 0.316. The summed E-state index contributed by atoms with van der Waals surface area (Å²) in [6, 6.07) is 8.56. The van der Waals surface area contributed by atoms with E-state index in [1.807, 2.05) is 0 Å². The molecule has 1 atom stereocenters. The van der Waals surface area contributed by atoms with E-state index in [1.165, 1.54) is 30.4 Å². The van der Waals surface area contributed by atoms with E-state index < -0.39 is 35.4 Å². The number of carboxylic acids is 1. The van der Waals surface area contributed by atoms with Crippen molar-refractivity contribution in [2.24, 2.45) is 5.92 Å². The molecule has 206 valence electrons. The third kappa shape index (κ3) is 6.50. The van der Waals surface area contributed by atoms with Crippen molar-refractivity contribution in [2.45, 2.75) is 38.4 Å². The number of Topliss-reactive ketones (excluding diaryl/α,β-unsaturated/α-hetero) is 1. The fourth-order valence-corrected chi connectivity index (χ4v) is 5.18. The van der Waals surface area contributed by atoms with Crippen LogP contribution in [0.5, 0.6) is 0 Å². The molecule has 1 aromatic carbocycles. The fourth-order valence-electron chi connectivity index (χ4n) is 4.26. The molecule has 3 aromatic rings. The number of carbonyl (C=O) groups is 4. The lowest BCUT2D eigenvalue weighted by Crippen LogP contribution is -2.40. The Hall–Kier alpha value is -4.07. The molecule has 1 unspecified atom stereocenters. The molecule has 3 heterocycles. The van der Waals surface area contributed by atoms with E-state index in [-0.39, 0.29) is 35.4 Å². The van der Waals surface area contributed by atoms with E-state index >= 15 is 0 Å². The Bertz CT molecular complexity index is 1380. The molecule has 0 saturated carbocycles. The minimum absolute atomic E-state index is 0.0332. The number of nitrogens with one attached hydrogen (secondary N) is 1. The first kappa shape index (κ1) is 28.0. The lowest BCUT2D eigenvalue weighted by molar-refractivity contribution is -0.143. The van der Waals surface area contributed by atoms with Crippen molar-refractivity contribution in [1.29, 1.82) is 0 Å². The average Bonchev–Trinajstić information content (AvgIpc) is 3.51. The summed E-state index contributed by atoms with van der Waals surface area (Å²) in [5, 5.41) is 17.6. The molecule has 1 aliphatic heterocycles. The van der Waals surface area contributed by atoms with Gasteiger partial charge in [0.25, 0.3) is 0 Å². The largest absolute Gasteiger partial charge is 0.480 e. The molecule has 10 nitrogen and oxygen atoms in total. The topological polar surface area (TPSA) is 134 Å². The van der Waals surface area contributed by atoms with Gasteiger partial charge in [-0.3, -0.25) is 23.9 Å². The van der Waals surface area contributed by atoms with E-state index in [9.17, 15) is 37.5 Å². The molecule has 0 bridgehead atoms. The van der Waals surface area contributed by atoms with E-state index in [4.69, 9.17) is 0 Å². The van der Waals surface area contributed by atoms with Gasteiger partial charge >= 0.3 is 12.1 Å².